The van der Waals surface area contributed by atoms with E-state index in [4.69, 9.17) is 4.74 Å². The van der Waals surface area contributed by atoms with Gasteiger partial charge in [0.1, 0.15) is 5.82 Å². The van der Waals surface area contributed by atoms with Gasteiger partial charge < -0.3 is 10.1 Å². The molecule has 110 valence electrons. The summed E-state index contributed by atoms with van der Waals surface area (Å²) in [5.74, 6) is 1.64. The van der Waals surface area contributed by atoms with Crippen LogP contribution in [-0.2, 0) is 4.74 Å². The van der Waals surface area contributed by atoms with Crippen molar-refractivity contribution in [1.82, 2.24) is 14.9 Å². The largest absolute Gasteiger partial charge is 0.381 e. The van der Waals surface area contributed by atoms with Crippen molar-refractivity contribution in [3.63, 3.8) is 0 Å². The first-order chi connectivity index (χ1) is 9.86. The predicted molar refractivity (Wildman–Crippen MR) is 78.7 cm³/mol. The molecule has 2 saturated heterocycles. The lowest BCUT2D eigenvalue weighted by Crippen LogP contribution is -2.32. The number of likely N-dealkylation sites (tertiary alicyclic amines) is 1. The average molecular weight is 276 g/mol. The SMILES string of the molecule is CNc1cncc([C@H]2CCCN2CC2CCOCC2)n1. The second kappa shape index (κ2) is 6.50. The Kier molecular flexibility index (Phi) is 4.47. The molecule has 2 aliphatic heterocycles. The Morgan fingerprint density at radius 2 is 2.15 bits per heavy atom. The minimum absolute atomic E-state index is 0.443. The van der Waals surface area contributed by atoms with Crippen LogP contribution in [-0.4, -0.2) is 48.2 Å². The molecule has 5 nitrogen and oxygen atoms in total. The Morgan fingerprint density at radius 1 is 1.30 bits per heavy atom. The van der Waals surface area contributed by atoms with E-state index in [1.54, 1.807) is 6.20 Å². The normalized spacial score (nSPS) is 24.9. The number of hydrogen-bond donors (Lipinski definition) is 1. The van der Waals surface area contributed by atoms with Crippen molar-refractivity contribution < 1.29 is 4.74 Å². The van der Waals surface area contributed by atoms with E-state index in [1.165, 1.54) is 38.8 Å². The van der Waals surface area contributed by atoms with Crippen LogP contribution in [0.4, 0.5) is 5.82 Å². The topological polar surface area (TPSA) is 50.3 Å². The first-order valence-electron chi connectivity index (χ1n) is 7.68. The first-order valence-corrected chi connectivity index (χ1v) is 7.68. The van der Waals surface area contributed by atoms with Crippen LogP contribution in [0.2, 0.25) is 0 Å². The molecule has 0 radical (unpaired) electrons. The van der Waals surface area contributed by atoms with Crippen molar-refractivity contribution in [2.75, 3.05) is 38.7 Å². The summed E-state index contributed by atoms with van der Waals surface area (Å²) in [7, 11) is 1.89. The molecule has 1 N–H and O–H groups in total. The van der Waals surface area contributed by atoms with E-state index < -0.39 is 0 Å². The summed E-state index contributed by atoms with van der Waals surface area (Å²) in [6, 6.07) is 0.443. The summed E-state index contributed by atoms with van der Waals surface area (Å²) >= 11 is 0. The molecule has 0 amide bonds. The average Bonchev–Trinajstić information content (AvgIpc) is 2.96. The van der Waals surface area contributed by atoms with Crippen molar-refractivity contribution in [2.45, 2.75) is 31.7 Å². The molecular weight excluding hydrogens is 252 g/mol. The summed E-state index contributed by atoms with van der Waals surface area (Å²) in [6.45, 7) is 4.23. The molecule has 1 aromatic heterocycles. The monoisotopic (exact) mass is 276 g/mol. The molecule has 2 fully saturated rings. The molecule has 0 aliphatic carbocycles. The maximum atomic E-state index is 5.46. The number of rotatable bonds is 4. The highest BCUT2D eigenvalue weighted by atomic mass is 16.5. The number of aromatic nitrogens is 2. The minimum atomic E-state index is 0.443. The van der Waals surface area contributed by atoms with Crippen molar-refractivity contribution >= 4 is 5.82 Å². The van der Waals surface area contributed by atoms with Crippen LogP contribution in [0.5, 0.6) is 0 Å². The van der Waals surface area contributed by atoms with E-state index in [2.05, 4.69) is 20.2 Å². The van der Waals surface area contributed by atoms with Gasteiger partial charge in [-0.2, -0.15) is 0 Å². The summed E-state index contributed by atoms with van der Waals surface area (Å²) in [5.41, 5.74) is 1.11. The van der Waals surface area contributed by atoms with Crippen LogP contribution >= 0.6 is 0 Å². The van der Waals surface area contributed by atoms with E-state index in [0.717, 1.165) is 30.6 Å². The Balaban J connectivity index is 1.67. The molecule has 0 unspecified atom stereocenters. The molecule has 1 aromatic rings. The van der Waals surface area contributed by atoms with Gasteiger partial charge in [0.2, 0.25) is 0 Å². The molecule has 0 aromatic carbocycles. The van der Waals surface area contributed by atoms with Crippen LogP contribution in [0.3, 0.4) is 0 Å². The Morgan fingerprint density at radius 3 is 2.95 bits per heavy atom. The quantitative estimate of drug-likeness (QED) is 0.912. The Bertz CT molecular complexity index is 434. The van der Waals surface area contributed by atoms with Gasteiger partial charge in [-0.3, -0.25) is 9.88 Å². The first kappa shape index (κ1) is 13.8. The number of hydrogen-bond acceptors (Lipinski definition) is 5. The second-order valence-corrected chi connectivity index (χ2v) is 5.79. The fourth-order valence-corrected chi connectivity index (χ4v) is 3.30. The van der Waals surface area contributed by atoms with Gasteiger partial charge in [-0.25, -0.2) is 4.98 Å². The molecule has 0 bridgehead atoms. The smallest absolute Gasteiger partial charge is 0.144 e. The number of nitrogens with zero attached hydrogens (tertiary/aromatic N) is 3. The lowest BCUT2D eigenvalue weighted by atomic mass is 9.99. The highest BCUT2D eigenvalue weighted by Crippen LogP contribution is 2.32. The van der Waals surface area contributed by atoms with E-state index in [1.807, 2.05) is 13.2 Å². The fourth-order valence-electron chi connectivity index (χ4n) is 3.30. The molecule has 2 aliphatic rings. The van der Waals surface area contributed by atoms with Crippen LogP contribution in [0.1, 0.15) is 37.4 Å². The number of nitrogens with one attached hydrogen (secondary N) is 1. The highest BCUT2D eigenvalue weighted by Gasteiger charge is 2.29. The van der Waals surface area contributed by atoms with E-state index in [-0.39, 0.29) is 0 Å². The molecule has 0 saturated carbocycles. The second-order valence-electron chi connectivity index (χ2n) is 5.79. The third-order valence-corrected chi connectivity index (χ3v) is 4.45. The van der Waals surface area contributed by atoms with Gasteiger partial charge in [-0.15, -0.1) is 0 Å². The van der Waals surface area contributed by atoms with Crippen molar-refractivity contribution in [2.24, 2.45) is 5.92 Å². The standard InChI is InChI=1S/C15H24N4O/c1-16-15-10-17-9-13(18-15)14-3-2-6-19(14)11-12-4-7-20-8-5-12/h9-10,12,14H,2-8,11H2,1H3,(H,16,18)/t14-/m1/s1. The number of ether oxygens (including phenoxy) is 1. The summed E-state index contributed by atoms with van der Waals surface area (Å²) in [6.07, 6.45) is 8.57. The minimum Gasteiger partial charge on any atom is -0.381 e. The predicted octanol–water partition coefficient (Wildman–Crippen LogP) is 2.08. The van der Waals surface area contributed by atoms with Crippen LogP contribution in [0.15, 0.2) is 12.4 Å². The van der Waals surface area contributed by atoms with Gasteiger partial charge in [0, 0.05) is 26.8 Å². The molecule has 5 heteroatoms. The molecule has 20 heavy (non-hydrogen) atoms. The fraction of sp³-hybridized carbons (Fsp3) is 0.733. The summed E-state index contributed by atoms with van der Waals surface area (Å²) in [5, 5.41) is 3.08. The maximum absolute atomic E-state index is 5.46. The molecule has 3 heterocycles. The van der Waals surface area contributed by atoms with Gasteiger partial charge >= 0.3 is 0 Å². The molecule has 1 atom stereocenters. The Hall–Kier alpha value is -1.20. The van der Waals surface area contributed by atoms with Crippen molar-refractivity contribution in [3.8, 4) is 0 Å². The van der Waals surface area contributed by atoms with Gasteiger partial charge in [0.25, 0.3) is 0 Å². The molecule has 0 spiro atoms. The summed E-state index contributed by atoms with van der Waals surface area (Å²) < 4.78 is 5.46. The summed E-state index contributed by atoms with van der Waals surface area (Å²) in [4.78, 5) is 11.6. The highest BCUT2D eigenvalue weighted by molar-refractivity contribution is 5.31. The zero-order valence-electron chi connectivity index (χ0n) is 12.2. The van der Waals surface area contributed by atoms with Gasteiger partial charge in [-0.05, 0) is 38.1 Å². The molecular formula is C15H24N4O. The van der Waals surface area contributed by atoms with Crippen LogP contribution in [0, 0.1) is 5.92 Å². The van der Waals surface area contributed by atoms with Crippen molar-refractivity contribution in [1.29, 1.82) is 0 Å². The van der Waals surface area contributed by atoms with E-state index in [0.29, 0.717) is 6.04 Å². The maximum Gasteiger partial charge on any atom is 0.144 e. The zero-order valence-corrected chi connectivity index (χ0v) is 12.2. The zero-order chi connectivity index (χ0) is 13.8. The lowest BCUT2D eigenvalue weighted by molar-refractivity contribution is 0.0504. The van der Waals surface area contributed by atoms with Gasteiger partial charge in [0.05, 0.1) is 24.1 Å². The van der Waals surface area contributed by atoms with E-state index >= 15 is 0 Å². The van der Waals surface area contributed by atoms with Gasteiger partial charge in [-0.1, -0.05) is 0 Å². The van der Waals surface area contributed by atoms with Crippen LogP contribution < -0.4 is 5.32 Å². The van der Waals surface area contributed by atoms with Crippen molar-refractivity contribution in [3.05, 3.63) is 18.1 Å². The van der Waals surface area contributed by atoms with E-state index in [9.17, 15) is 0 Å². The Labute approximate surface area is 120 Å². The third-order valence-electron chi connectivity index (χ3n) is 4.45. The lowest BCUT2D eigenvalue weighted by Gasteiger charge is -2.30. The molecule has 3 rings (SSSR count). The number of anilines is 1. The van der Waals surface area contributed by atoms with Crippen LogP contribution in [0.25, 0.3) is 0 Å². The van der Waals surface area contributed by atoms with Gasteiger partial charge in [0.15, 0.2) is 0 Å². The third kappa shape index (κ3) is 3.10.